The smallest absolute Gasteiger partial charge is 0.250 e. The number of hydrogen-bond donors (Lipinski definition) is 3. The van der Waals surface area contributed by atoms with Crippen LogP contribution in [0, 0.1) is 0 Å². The molecule has 0 bridgehead atoms. The Labute approximate surface area is 105 Å². The van der Waals surface area contributed by atoms with Gasteiger partial charge in [0.1, 0.15) is 6.10 Å². The first kappa shape index (κ1) is 12.7. The molecular weight excluding hydrogens is 236 g/mol. The molecular formula is C12H16N2O4. The number of rotatable bonds is 5. The Hall–Kier alpha value is -1.79. The van der Waals surface area contributed by atoms with Crippen molar-refractivity contribution >= 4 is 5.91 Å². The van der Waals surface area contributed by atoms with Crippen molar-refractivity contribution in [2.75, 3.05) is 19.9 Å². The SMILES string of the molecule is NCC(O)C(=O)NCCc1ccc2c(c1)OCO2. The third kappa shape index (κ3) is 2.91. The minimum absolute atomic E-state index is 0.0736. The topological polar surface area (TPSA) is 93.8 Å². The van der Waals surface area contributed by atoms with Crippen molar-refractivity contribution in [1.82, 2.24) is 5.32 Å². The van der Waals surface area contributed by atoms with Crippen LogP contribution in [0.25, 0.3) is 0 Å². The lowest BCUT2D eigenvalue weighted by Gasteiger charge is -2.09. The minimum atomic E-state index is -1.14. The third-order valence-corrected chi connectivity index (χ3v) is 2.68. The van der Waals surface area contributed by atoms with Crippen LogP contribution in [0.3, 0.4) is 0 Å². The summed E-state index contributed by atoms with van der Waals surface area (Å²) in [6, 6.07) is 5.64. The van der Waals surface area contributed by atoms with Crippen molar-refractivity contribution in [3.63, 3.8) is 0 Å². The number of nitrogens with one attached hydrogen (secondary N) is 1. The molecule has 1 amide bonds. The first-order valence-electron chi connectivity index (χ1n) is 5.75. The molecule has 0 fully saturated rings. The van der Waals surface area contributed by atoms with Gasteiger partial charge >= 0.3 is 0 Å². The summed E-state index contributed by atoms with van der Waals surface area (Å²) in [6.07, 6.45) is -0.485. The number of aliphatic hydroxyl groups excluding tert-OH is 1. The van der Waals surface area contributed by atoms with E-state index in [0.29, 0.717) is 13.0 Å². The summed E-state index contributed by atoms with van der Waals surface area (Å²) in [6.45, 7) is 0.615. The summed E-state index contributed by atoms with van der Waals surface area (Å²) >= 11 is 0. The molecule has 1 heterocycles. The van der Waals surface area contributed by atoms with Gasteiger partial charge in [0.15, 0.2) is 11.5 Å². The van der Waals surface area contributed by atoms with Crippen molar-refractivity contribution in [3.8, 4) is 11.5 Å². The number of fused-ring (bicyclic) bond motifs is 1. The third-order valence-electron chi connectivity index (χ3n) is 2.68. The van der Waals surface area contributed by atoms with Gasteiger partial charge in [-0.15, -0.1) is 0 Å². The first-order valence-corrected chi connectivity index (χ1v) is 5.75. The van der Waals surface area contributed by atoms with Crippen molar-refractivity contribution < 1.29 is 19.4 Å². The second-order valence-corrected chi connectivity index (χ2v) is 3.98. The summed E-state index contributed by atoms with van der Waals surface area (Å²) in [4.78, 5) is 11.3. The predicted molar refractivity (Wildman–Crippen MR) is 64.3 cm³/mol. The molecule has 4 N–H and O–H groups in total. The fourth-order valence-corrected chi connectivity index (χ4v) is 1.65. The van der Waals surface area contributed by atoms with E-state index in [0.717, 1.165) is 17.1 Å². The summed E-state index contributed by atoms with van der Waals surface area (Å²) < 4.78 is 10.5. The number of hydrogen-bond acceptors (Lipinski definition) is 5. The van der Waals surface area contributed by atoms with Crippen LogP contribution in [0.1, 0.15) is 5.56 Å². The Balaban J connectivity index is 1.82. The number of benzene rings is 1. The average molecular weight is 252 g/mol. The molecule has 6 heteroatoms. The Morgan fingerprint density at radius 2 is 2.22 bits per heavy atom. The summed E-state index contributed by atoms with van der Waals surface area (Å²) in [5.41, 5.74) is 6.21. The Morgan fingerprint density at radius 3 is 3.00 bits per heavy atom. The standard InChI is InChI=1S/C12H16N2O4/c13-6-9(15)12(16)14-4-3-8-1-2-10-11(5-8)18-7-17-10/h1-2,5,9,15H,3-4,6-7,13H2,(H,14,16). The van der Waals surface area contributed by atoms with E-state index in [2.05, 4.69) is 5.32 Å². The zero-order chi connectivity index (χ0) is 13.0. The van der Waals surface area contributed by atoms with Crippen molar-refractivity contribution in [3.05, 3.63) is 23.8 Å². The zero-order valence-electron chi connectivity index (χ0n) is 9.89. The molecule has 6 nitrogen and oxygen atoms in total. The molecule has 0 saturated heterocycles. The molecule has 0 saturated carbocycles. The molecule has 1 unspecified atom stereocenters. The van der Waals surface area contributed by atoms with E-state index in [4.69, 9.17) is 15.2 Å². The van der Waals surface area contributed by atoms with E-state index in [9.17, 15) is 9.90 Å². The second-order valence-electron chi connectivity index (χ2n) is 3.98. The molecule has 1 aromatic rings. The lowest BCUT2D eigenvalue weighted by Crippen LogP contribution is -2.39. The number of amides is 1. The van der Waals surface area contributed by atoms with Gasteiger partial charge in [0.25, 0.3) is 0 Å². The Bertz CT molecular complexity index is 436. The molecule has 1 aliphatic heterocycles. The van der Waals surface area contributed by atoms with E-state index < -0.39 is 12.0 Å². The maximum atomic E-state index is 11.3. The highest BCUT2D eigenvalue weighted by Gasteiger charge is 2.14. The largest absolute Gasteiger partial charge is 0.454 e. The molecule has 0 spiro atoms. The van der Waals surface area contributed by atoms with Gasteiger partial charge in [-0.1, -0.05) is 6.07 Å². The molecule has 1 aliphatic rings. The van der Waals surface area contributed by atoms with Crippen LogP contribution in [0.2, 0.25) is 0 Å². The molecule has 1 atom stereocenters. The monoisotopic (exact) mass is 252 g/mol. The van der Waals surface area contributed by atoms with Gasteiger partial charge in [-0.3, -0.25) is 4.79 Å². The minimum Gasteiger partial charge on any atom is -0.454 e. The maximum Gasteiger partial charge on any atom is 0.250 e. The van der Waals surface area contributed by atoms with Crippen molar-refractivity contribution in [2.24, 2.45) is 5.73 Å². The number of aliphatic hydroxyl groups is 1. The lowest BCUT2D eigenvalue weighted by atomic mass is 10.1. The molecule has 0 radical (unpaired) electrons. The Morgan fingerprint density at radius 1 is 1.44 bits per heavy atom. The van der Waals surface area contributed by atoms with Crippen LogP contribution >= 0.6 is 0 Å². The quantitative estimate of drug-likeness (QED) is 0.650. The Kier molecular flexibility index (Phi) is 4.01. The molecule has 2 rings (SSSR count). The maximum absolute atomic E-state index is 11.3. The fourth-order valence-electron chi connectivity index (χ4n) is 1.65. The van der Waals surface area contributed by atoms with Gasteiger partial charge < -0.3 is 25.6 Å². The normalized spacial score (nSPS) is 14.3. The van der Waals surface area contributed by atoms with E-state index in [1.54, 1.807) is 0 Å². The van der Waals surface area contributed by atoms with Crippen LogP contribution in [-0.2, 0) is 11.2 Å². The van der Waals surface area contributed by atoms with Crippen LogP contribution in [0.15, 0.2) is 18.2 Å². The van der Waals surface area contributed by atoms with Crippen LogP contribution in [0.4, 0.5) is 0 Å². The highest BCUT2D eigenvalue weighted by molar-refractivity contribution is 5.80. The zero-order valence-corrected chi connectivity index (χ0v) is 9.89. The van der Waals surface area contributed by atoms with Crippen LogP contribution in [-0.4, -0.2) is 37.0 Å². The first-order chi connectivity index (χ1) is 8.70. The predicted octanol–water partition coefficient (Wildman–Crippen LogP) is -0.606. The number of carbonyl (C=O) groups excluding carboxylic acids is 1. The van der Waals surface area contributed by atoms with Crippen LogP contribution in [0.5, 0.6) is 11.5 Å². The highest BCUT2D eigenvalue weighted by Crippen LogP contribution is 2.32. The van der Waals surface area contributed by atoms with E-state index in [-0.39, 0.29) is 13.3 Å². The second kappa shape index (κ2) is 5.70. The van der Waals surface area contributed by atoms with E-state index >= 15 is 0 Å². The van der Waals surface area contributed by atoms with Gasteiger partial charge in [0, 0.05) is 13.1 Å². The number of ether oxygens (including phenoxy) is 2. The summed E-state index contributed by atoms with van der Waals surface area (Å²) in [5, 5.41) is 11.8. The van der Waals surface area contributed by atoms with Gasteiger partial charge in [-0.2, -0.15) is 0 Å². The van der Waals surface area contributed by atoms with Crippen LogP contribution < -0.4 is 20.5 Å². The van der Waals surface area contributed by atoms with Gasteiger partial charge in [-0.25, -0.2) is 0 Å². The molecule has 18 heavy (non-hydrogen) atoms. The van der Waals surface area contributed by atoms with Gasteiger partial charge in [0.2, 0.25) is 12.7 Å². The van der Waals surface area contributed by atoms with Crippen molar-refractivity contribution in [2.45, 2.75) is 12.5 Å². The van der Waals surface area contributed by atoms with E-state index in [1.165, 1.54) is 0 Å². The molecule has 0 aromatic heterocycles. The summed E-state index contributed by atoms with van der Waals surface area (Å²) in [5.74, 6) is 1.01. The molecule has 98 valence electrons. The van der Waals surface area contributed by atoms with Gasteiger partial charge in [-0.05, 0) is 24.1 Å². The highest BCUT2D eigenvalue weighted by atomic mass is 16.7. The van der Waals surface area contributed by atoms with Crippen molar-refractivity contribution in [1.29, 1.82) is 0 Å². The lowest BCUT2D eigenvalue weighted by molar-refractivity contribution is -0.128. The average Bonchev–Trinajstić information content (AvgIpc) is 2.85. The summed E-state index contributed by atoms with van der Waals surface area (Å²) in [7, 11) is 0. The fraction of sp³-hybridized carbons (Fsp3) is 0.417. The molecule has 0 aliphatic carbocycles. The van der Waals surface area contributed by atoms with E-state index in [1.807, 2.05) is 18.2 Å². The van der Waals surface area contributed by atoms with Gasteiger partial charge in [0.05, 0.1) is 0 Å². The molecule has 1 aromatic carbocycles. The number of nitrogens with two attached hydrogens (primary N) is 1. The number of carbonyl (C=O) groups is 1.